The summed E-state index contributed by atoms with van der Waals surface area (Å²) in [6.45, 7) is 8.63. The number of rotatable bonds is 9. The number of fused-ring (bicyclic) bond motifs is 1. The van der Waals surface area contributed by atoms with E-state index >= 15 is 0 Å². The molecular weight excluding hydrogens is 567 g/mol. The lowest BCUT2D eigenvalue weighted by molar-refractivity contribution is 0.0165. The highest BCUT2D eigenvalue weighted by Gasteiger charge is 2.27. The number of aromatic nitrogens is 2. The van der Waals surface area contributed by atoms with Gasteiger partial charge in [0.2, 0.25) is 0 Å². The van der Waals surface area contributed by atoms with Crippen LogP contribution >= 0.6 is 15.9 Å². The Kier molecular flexibility index (Phi) is 9.45. The second-order valence-corrected chi connectivity index (χ2v) is 11.5. The first-order valence-corrected chi connectivity index (χ1v) is 14.0. The van der Waals surface area contributed by atoms with E-state index in [9.17, 15) is 9.18 Å². The van der Waals surface area contributed by atoms with Crippen molar-refractivity contribution in [2.75, 3.05) is 43.4 Å². The Labute approximate surface area is 236 Å². The largest absolute Gasteiger partial charge is 0.491 e. The molecule has 4 N–H and O–H groups in total. The second-order valence-electron chi connectivity index (χ2n) is 10.6. The first-order chi connectivity index (χ1) is 18.6. The van der Waals surface area contributed by atoms with Crippen LogP contribution in [-0.2, 0) is 4.74 Å². The van der Waals surface area contributed by atoms with Gasteiger partial charge in [-0.2, -0.15) is 0 Å². The van der Waals surface area contributed by atoms with E-state index in [1.807, 2.05) is 32.9 Å². The number of hydrogen-bond donors (Lipinski definition) is 3. The fourth-order valence-corrected chi connectivity index (χ4v) is 4.63. The van der Waals surface area contributed by atoms with E-state index in [0.29, 0.717) is 65.9 Å². The lowest BCUT2D eigenvalue weighted by atomic mass is 9.98. The Morgan fingerprint density at radius 1 is 1.18 bits per heavy atom. The zero-order chi connectivity index (χ0) is 28.0. The summed E-state index contributed by atoms with van der Waals surface area (Å²) in [4.78, 5) is 22.9. The van der Waals surface area contributed by atoms with E-state index in [1.54, 1.807) is 17.0 Å². The molecule has 0 saturated carbocycles. The molecule has 1 fully saturated rings. The van der Waals surface area contributed by atoms with Crippen molar-refractivity contribution in [3.63, 3.8) is 0 Å². The molecule has 0 aliphatic carbocycles. The average Bonchev–Trinajstić information content (AvgIpc) is 2.88. The zero-order valence-electron chi connectivity index (χ0n) is 22.6. The van der Waals surface area contributed by atoms with Gasteiger partial charge >= 0.3 is 6.09 Å². The molecule has 1 aliphatic heterocycles. The Morgan fingerprint density at radius 3 is 2.64 bits per heavy atom. The quantitative estimate of drug-likeness (QED) is 0.253. The number of hydrogen-bond acceptors (Lipinski definition) is 8. The number of halogens is 2. The van der Waals surface area contributed by atoms with Crippen LogP contribution in [0.15, 0.2) is 41.1 Å². The van der Waals surface area contributed by atoms with Crippen molar-refractivity contribution in [3.8, 4) is 5.75 Å². The van der Waals surface area contributed by atoms with Crippen LogP contribution in [0.2, 0.25) is 0 Å². The normalized spacial score (nSPS) is 14.4. The van der Waals surface area contributed by atoms with Gasteiger partial charge in [0.1, 0.15) is 29.3 Å². The number of nitrogens with zero attached hydrogens (tertiary/aromatic N) is 3. The van der Waals surface area contributed by atoms with Crippen LogP contribution < -0.4 is 21.1 Å². The topological polar surface area (TPSA) is 115 Å². The number of nitrogens with one attached hydrogen (secondary N) is 2. The van der Waals surface area contributed by atoms with Gasteiger partial charge in [-0.25, -0.2) is 19.2 Å². The van der Waals surface area contributed by atoms with Crippen molar-refractivity contribution >= 4 is 50.1 Å². The van der Waals surface area contributed by atoms with Gasteiger partial charge in [0.05, 0.1) is 23.5 Å². The molecule has 0 spiro atoms. The van der Waals surface area contributed by atoms with E-state index in [-0.39, 0.29) is 6.09 Å². The molecule has 1 aromatic heterocycles. The van der Waals surface area contributed by atoms with E-state index in [1.165, 1.54) is 12.4 Å². The smallest absolute Gasteiger partial charge is 0.410 e. The highest BCUT2D eigenvalue weighted by molar-refractivity contribution is 9.10. The van der Waals surface area contributed by atoms with Gasteiger partial charge in [-0.05, 0) is 76.8 Å². The molecule has 1 aliphatic rings. The third-order valence-electron chi connectivity index (χ3n) is 6.36. The molecule has 39 heavy (non-hydrogen) atoms. The predicted molar refractivity (Wildman–Crippen MR) is 155 cm³/mol. The molecule has 0 unspecified atom stereocenters. The Bertz CT molecular complexity index is 1290. The summed E-state index contributed by atoms with van der Waals surface area (Å²) in [5.74, 6) is 1.08. The maximum absolute atomic E-state index is 14.5. The minimum atomic E-state index is -0.508. The van der Waals surface area contributed by atoms with Gasteiger partial charge in [-0.15, -0.1) is 0 Å². The zero-order valence-corrected chi connectivity index (χ0v) is 24.2. The van der Waals surface area contributed by atoms with Gasteiger partial charge in [0.15, 0.2) is 0 Å². The number of amides is 1. The lowest BCUT2D eigenvalue weighted by Crippen LogP contribution is -2.42. The highest BCUT2D eigenvalue weighted by Crippen LogP contribution is 2.35. The van der Waals surface area contributed by atoms with Crippen molar-refractivity contribution in [2.45, 2.75) is 45.6 Å². The molecule has 9 nitrogen and oxygen atoms in total. The first-order valence-electron chi connectivity index (χ1n) is 13.2. The van der Waals surface area contributed by atoms with Crippen molar-refractivity contribution in [1.82, 2.24) is 14.9 Å². The summed E-state index contributed by atoms with van der Waals surface area (Å²) in [5, 5.41) is 7.23. The number of piperidine rings is 1. The monoisotopic (exact) mass is 602 g/mol. The minimum Gasteiger partial charge on any atom is -0.491 e. The number of carbonyl (C=O) groups is 1. The molecule has 1 saturated heterocycles. The van der Waals surface area contributed by atoms with Crippen LogP contribution in [0, 0.1) is 11.7 Å². The molecule has 4 rings (SSSR count). The molecule has 0 radical (unpaired) electrons. The fraction of sp³-hybridized carbons (Fsp3) is 0.464. The van der Waals surface area contributed by atoms with Crippen LogP contribution in [0.5, 0.6) is 5.75 Å². The maximum atomic E-state index is 14.5. The van der Waals surface area contributed by atoms with E-state index in [2.05, 4.69) is 36.5 Å². The Morgan fingerprint density at radius 2 is 1.95 bits per heavy atom. The minimum absolute atomic E-state index is 0.269. The van der Waals surface area contributed by atoms with E-state index in [0.717, 1.165) is 30.3 Å². The Balaban J connectivity index is 1.49. The van der Waals surface area contributed by atoms with Gasteiger partial charge < -0.3 is 30.7 Å². The molecule has 3 aromatic rings. The molecule has 0 atom stereocenters. The number of nitrogens with two attached hydrogens (primary N) is 1. The number of carbonyl (C=O) groups excluding carboxylic acids is 1. The third kappa shape index (κ3) is 7.92. The van der Waals surface area contributed by atoms with Crippen LogP contribution in [0.3, 0.4) is 0 Å². The van der Waals surface area contributed by atoms with Crippen LogP contribution in [0.1, 0.15) is 40.0 Å². The number of ether oxygens (including phenoxy) is 2. The number of likely N-dealkylation sites (tertiary alicyclic amines) is 1. The van der Waals surface area contributed by atoms with Crippen LogP contribution in [0.25, 0.3) is 10.9 Å². The Hall–Kier alpha value is -3.18. The second kappa shape index (κ2) is 12.8. The molecule has 11 heteroatoms. The molecule has 2 aromatic carbocycles. The van der Waals surface area contributed by atoms with Crippen molar-refractivity contribution in [3.05, 3.63) is 46.9 Å². The summed E-state index contributed by atoms with van der Waals surface area (Å²) in [6, 6.07) is 8.61. The molecule has 0 bridgehead atoms. The van der Waals surface area contributed by atoms with Crippen molar-refractivity contribution in [1.29, 1.82) is 0 Å². The number of anilines is 3. The maximum Gasteiger partial charge on any atom is 0.410 e. The summed E-state index contributed by atoms with van der Waals surface area (Å²) >= 11 is 3.28. The first kappa shape index (κ1) is 28.8. The SMILES string of the molecule is CC(C)(C)OC(=O)N1CCC(COc2cc3ncnc(Nc4ccc(Br)cc4F)c3cc2NCCCN)CC1. The molecular formula is C28H36BrFN6O3. The predicted octanol–water partition coefficient (Wildman–Crippen LogP) is 6.06. The number of benzene rings is 2. The molecule has 2 heterocycles. The molecule has 210 valence electrons. The molecule has 1 amide bonds. The van der Waals surface area contributed by atoms with Gasteiger partial charge in [0, 0.05) is 35.6 Å². The lowest BCUT2D eigenvalue weighted by Gasteiger charge is -2.33. The van der Waals surface area contributed by atoms with E-state index < -0.39 is 11.4 Å². The standard InChI is InChI=1S/C28H36BrFN6O3/c1-28(2,3)39-27(37)36-11-7-18(8-12-36)16-38-25-15-23-20(14-24(25)32-10-4-9-31)26(34-17-33-23)35-22-6-5-19(29)13-21(22)30/h5-6,13-15,17-18,32H,4,7-12,16,31H2,1-3H3,(H,33,34,35). The van der Waals surface area contributed by atoms with Crippen molar-refractivity contribution < 1.29 is 18.7 Å². The van der Waals surface area contributed by atoms with Crippen LogP contribution in [0.4, 0.5) is 26.4 Å². The summed E-state index contributed by atoms with van der Waals surface area (Å²) in [6.07, 6.45) is 3.63. The van der Waals surface area contributed by atoms with Gasteiger partial charge in [-0.3, -0.25) is 0 Å². The van der Waals surface area contributed by atoms with Crippen molar-refractivity contribution in [2.24, 2.45) is 11.7 Å². The summed E-state index contributed by atoms with van der Waals surface area (Å²) in [7, 11) is 0. The average molecular weight is 604 g/mol. The summed E-state index contributed by atoms with van der Waals surface area (Å²) < 4.78 is 27.0. The van der Waals surface area contributed by atoms with Crippen LogP contribution in [-0.4, -0.2) is 59.3 Å². The van der Waals surface area contributed by atoms with Gasteiger partial charge in [-0.1, -0.05) is 15.9 Å². The van der Waals surface area contributed by atoms with E-state index in [4.69, 9.17) is 15.2 Å². The highest BCUT2D eigenvalue weighted by atomic mass is 79.9. The van der Waals surface area contributed by atoms with Gasteiger partial charge in [0.25, 0.3) is 0 Å². The fourth-order valence-electron chi connectivity index (χ4n) is 4.30. The third-order valence-corrected chi connectivity index (χ3v) is 6.85. The summed E-state index contributed by atoms with van der Waals surface area (Å²) in [5.41, 5.74) is 6.97.